The molecule has 8 heteroatoms. The summed E-state index contributed by atoms with van der Waals surface area (Å²) in [6.07, 6.45) is 4.97. The summed E-state index contributed by atoms with van der Waals surface area (Å²) in [4.78, 5) is 20.8. The van der Waals surface area contributed by atoms with Crippen molar-refractivity contribution in [2.75, 3.05) is 14.2 Å². The van der Waals surface area contributed by atoms with Crippen LogP contribution in [-0.2, 0) is 28.2 Å². The van der Waals surface area contributed by atoms with Gasteiger partial charge >= 0.3 is 5.97 Å². The maximum Gasteiger partial charge on any atom is 0.336 e. The van der Waals surface area contributed by atoms with Crippen LogP contribution in [0, 0.1) is 0 Å². The molecule has 0 atom stereocenters. The van der Waals surface area contributed by atoms with Crippen molar-refractivity contribution in [2.45, 2.75) is 51.9 Å². The lowest BCUT2D eigenvalue weighted by Gasteiger charge is -2.27. The van der Waals surface area contributed by atoms with Crippen LogP contribution in [0.5, 0.6) is 0 Å². The molecular weight excluding hydrogens is 408 g/mol. The van der Waals surface area contributed by atoms with Crippen molar-refractivity contribution in [3.8, 4) is 11.3 Å². The van der Waals surface area contributed by atoms with Crippen LogP contribution in [0.1, 0.15) is 60.7 Å². The Morgan fingerprint density at radius 2 is 1.84 bits per heavy atom. The molecule has 0 unspecified atom stereocenters. The maximum absolute atomic E-state index is 11.5. The van der Waals surface area contributed by atoms with E-state index < -0.39 is 11.8 Å². The van der Waals surface area contributed by atoms with Crippen molar-refractivity contribution in [1.29, 1.82) is 0 Å². The second kappa shape index (κ2) is 10.5. The van der Waals surface area contributed by atoms with E-state index in [2.05, 4.69) is 18.8 Å². The molecule has 0 radical (unpaired) electrons. The van der Waals surface area contributed by atoms with E-state index in [4.69, 9.17) is 19.6 Å². The van der Waals surface area contributed by atoms with Gasteiger partial charge in [-0.2, -0.15) is 0 Å². The van der Waals surface area contributed by atoms with E-state index in [1.54, 1.807) is 44.7 Å². The molecule has 1 aromatic carbocycles. The van der Waals surface area contributed by atoms with Crippen LogP contribution >= 0.6 is 0 Å². The molecule has 0 bridgehead atoms. The van der Waals surface area contributed by atoms with Gasteiger partial charge in [0.2, 0.25) is 11.6 Å². The first-order valence-electron chi connectivity index (χ1n) is 10.8. The Kier molecular flexibility index (Phi) is 7.71. The van der Waals surface area contributed by atoms with E-state index in [1.165, 1.54) is 0 Å². The number of hydrogen-bond acceptors (Lipinski definition) is 6. The van der Waals surface area contributed by atoms with E-state index in [1.807, 2.05) is 16.8 Å². The quantitative estimate of drug-likeness (QED) is 0.446. The number of aromatic nitrogens is 4. The lowest BCUT2D eigenvalue weighted by Crippen LogP contribution is -2.32. The minimum atomic E-state index is -0.974. The molecule has 0 aliphatic carbocycles. The highest BCUT2D eigenvalue weighted by molar-refractivity contribution is 5.95. The number of carboxylic acid groups (broad SMARTS) is 1. The van der Waals surface area contributed by atoms with Gasteiger partial charge in [-0.05, 0) is 24.1 Å². The highest BCUT2D eigenvalue weighted by Crippen LogP contribution is 2.29. The zero-order valence-electron chi connectivity index (χ0n) is 19.0. The number of nitrogens with zero attached hydrogens (tertiary/aromatic N) is 4. The largest absolute Gasteiger partial charge is 0.478 e. The highest BCUT2D eigenvalue weighted by Gasteiger charge is 2.36. The van der Waals surface area contributed by atoms with Crippen LogP contribution < -0.4 is 0 Å². The average Bonchev–Trinajstić information content (AvgIpc) is 3.21. The SMILES string of the molecule is CCCc1nc(C(CCC)(OC)OC)nn1Cc1ccc(-c2ccccc2C(=O)O)nc1. The van der Waals surface area contributed by atoms with Gasteiger partial charge in [0.15, 0.2) is 0 Å². The van der Waals surface area contributed by atoms with Gasteiger partial charge in [-0.1, -0.05) is 44.5 Å². The first kappa shape index (κ1) is 23.6. The molecule has 2 aromatic heterocycles. The van der Waals surface area contributed by atoms with Crippen molar-refractivity contribution in [3.05, 3.63) is 65.4 Å². The summed E-state index contributed by atoms with van der Waals surface area (Å²) in [5.74, 6) is -0.562. The minimum absolute atomic E-state index is 0.227. The second-order valence-corrected chi connectivity index (χ2v) is 7.57. The molecule has 2 heterocycles. The standard InChI is InChI=1S/C24H30N4O4/c1-5-9-21-26-23(24(31-3,32-4)14-6-2)27-28(21)16-17-12-13-20(25-15-17)18-10-7-8-11-19(18)22(29)30/h7-8,10-13,15H,5-6,9,14,16H2,1-4H3,(H,29,30). The van der Waals surface area contributed by atoms with Crippen molar-refractivity contribution in [2.24, 2.45) is 0 Å². The Labute approximate surface area is 188 Å². The molecule has 0 fully saturated rings. The third-order valence-electron chi connectivity index (χ3n) is 5.39. The fraction of sp³-hybridized carbons (Fsp3) is 0.417. The Morgan fingerprint density at radius 1 is 1.09 bits per heavy atom. The lowest BCUT2D eigenvalue weighted by atomic mass is 10.0. The van der Waals surface area contributed by atoms with Gasteiger partial charge in [-0.25, -0.2) is 14.5 Å². The second-order valence-electron chi connectivity index (χ2n) is 7.57. The monoisotopic (exact) mass is 438 g/mol. The number of carboxylic acids is 1. The molecule has 3 aromatic rings. The lowest BCUT2D eigenvalue weighted by molar-refractivity contribution is -0.225. The van der Waals surface area contributed by atoms with Crippen molar-refractivity contribution in [1.82, 2.24) is 19.7 Å². The molecule has 0 amide bonds. The summed E-state index contributed by atoms with van der Waals surface area (Å²) >= 11 is 0. The zero-order valence-corrected chi connectivity index (χ0v) is 19.0. The Hall–Kier alpha value is -3.10. The number of methoxy groups -OCH3 is 2. The van der Waals surface area contributed by atoms with Gasteiger partial charge in [0.05, 0.1) is 17.8 Å². The van der Waals surface area contributed by atoms with Gasteiger partial charge in [-0.3, -0.25) is 4.98 Å². The molecule has 0 saturated carbocycles. The van der Waals surface area contributed by atoms with Crippen molar-refractivity contribution >= 4 is 5.97 Å². The third kappa shape index (κ3) is 4.87. The average molecular weight is 439 g/mol. The summed E-state index contributed by atoms with van der Waals surface area (Å²) in [7, 11) is 3.22. The van der Waals surface area contributed by atoms with Crippen LogP contribution in [0.2, 0.25) is 0 Å². The fourth-order valence-corrected chi connectivity index (χ4v) is 3.73. The Morgan fingerprint density at radius 3 is 2.44 bits per heavy atom. The van der Waals surface area contributed by atoms with E-state index in [0.29, 0.717) is 30.0 Å². The van der Waals surface area contributed by atoms with Crippen LogP contribution in [0.25, 0.3) is 11.3 Å². The predicted octanol–water partition coefficient (Wildman–Crippen LogP) is 4.28. The van der Waals surface area contributed by atoms with E-state index in [0.717, 1.165) is 30.7 Å². The Bertz CT molecular complexity index is 1040. The van der Waals surface area contributed by atoms with Gasteiger partial charge < -0.3 is 14.6 Å². The first-order chi connectivity index (χ1) is 15.5. The molecular formula is C24H30N4O4. The summed E-state index contributed by atoms with van der Waals surface area (Å²) in [6, 6.07) is 10.6. The molecule has 32 heavy (non-hydrogen) atoms. The first-order valence-corrected chi connectivity index (χ1v) is 10.8. The highest BCUT2D eigenvalue weighted by atomic mass is 16.7. The Balaban J connectivity index is 1.90. The van der Waals surface area contributed by atoms with Crippen molar-refractivity contribution in [3.63, 3.8) is 0 Å². The third-order valence-corrected chi connectivity index (χ3v) is 5.39. The molecule has 0 aliphatic rings. The summed E-state index contributed by atoms with van der Waals surface area (Å²) in [5, 5.41) is 14.2. The smallest absolute Gasteiger partial charge is 0.336 e. The fourth-order valence-electron chi connectivity index (χ4n) is 3.73. The number of aromatic carboxylic acids is 1. The van der Waals surface area contributed by atoms with Gasteiger partial charge in [-0.15, -0.1) is 5.10 Å². The van der Waals surface area contributed by atoms with Crippen LogP contribution in [0.3, 0.4) is 0 Å². The van der Waals surface area contributed by atoms with E-state index in [9.17, 15) is 9.90 Å². The molecule has 3 rings (SSSR count). The number of pyridine rings is 1. The normalized spacial score (nSPS) is 11.6. The predicted molar refractivity (Wildman–Crippen MR) is 120 cm³/mol. The van der Waals surface area contributed by atoms with Crippen LogP contribution in [0.15, 0.2) is 42.6 Å². The number of rotatable bonds is 11. The van der Waals surface area contributed by atoms with Crippen LogP contribution in [0.4, 0.5) is 0 Å². The molecule has 0 spiro atoms. The van der Waals surface area contributed by atoms with Crippen LogP contribution in [-0.4, -0.2) is 45.0 Å². The van der Waals surface area contributed by atoms with Gasteiger partial charge in [0.1, 0.15) is 5.82 Å². The summed E-state index contributed by atoms with van der Waals surface area (Å²) in [6.45, 7) is 4.65. The summed E-state index contributed by atoms with van der Waals surface area (Å²) in [5.41, 5.74) is 2.36. The molecule has 8 nitrogen and oxygen atoms in total. The maximum atomic E-state index is 11.5. The van der Waals surface area contributed by atoms with E-state index >= 15 is 0 Å². The molecule has 1 N–H and O–H groups in total. The number of ether oxygens (including phenoxy) is 2. The van der Waals surface area contributed by atoms with Crippen molar-refractivity contribution < 1.29 is 19.4 Å². The number of benzene rings is 1. The number of hydrogen-bond donors (Lipinski definition) is 1. The van der Waals surface area contributed by atoms with Gasteiger partial charge in [0, 0.05) is 38.8 Å². The number of carbonyl (C=O) groups is 1. The zero-order chi connectivity index (χ0) is 23.1. The molecule has 0 saturated heterocycles. The number of aryl methyl sites for hydroxylation is 1. The summed E-state index contributed by atoms with van der Waals surface area (Å²) < 4.78 is 13.2. The topological polar surface area (TPSA) is 99.4 Å². The molecule has 170 valence electrons. The van der Waals surface area contributed by atoms with E-state index in [-0.39, 0.29) is 5.56 Å². The molecule has 0 aliphatic heterocycles. The minimum Gasteiger partial charge on any atom is -0.478 e. The van der Waals surface area contributed by atoms with Gasteiger partial charge in [0.25, 0.3) is 0 Å².